The van der Waals surface area contributed by atoms with Crippen LogP contribution in [0.5, 0.6) is 0 Å². The Labute approximate surface area is 133 Å². The molecule has 0 saturated carbocycles. The van der Waals surface area contributed by atoms with Gasteiger partial charge in [-0.05, 0) is 5.56 Å². The molecule has 1 aliphatic heterocycles. The Kier molecular flexibility index (Phi) is 5.71. The van der Waals surface area contributed by atoms with E-state index >= 15 is 0 Å². The maximum atomic E-state index is 11.2. The molecule has 2 unspecified atom stereocenters. The summed E-state index contributed by atoms with van der Waals surface area (Å²) in [7, 11) is -4.71. The minimum Gasteiger partial charge on any atom is -0.479 e. The van der Waals surface area contributed by atoms with Crippen molar-refractivity contribution in [3.8, 4) is 0 Å². The van der Waals surface area contributed by atoms with Gasteiger partial charge in [-0.25, -0.2) is 8.98 Å². The van der Waals surface area contributed by atoms with Crippen molar-refractivity contribution in [2.24, 2.45) is 5.92 Å². The first-order valence-corrected chi connectivity index (χ1v) is 8.30. The first-order valence-electron chi connectivity index (χ1n) is 6.93. The topological polar surface area (TPSA) is 119 Å². The van der Waals surface area contributed by atoms with Gasteiger partial charge < -0.3 is 14.6 Å². The number of hydrogen-bond donors (Lipinski definition) is 2. The van der Waals surface area contributed by atoms with Gasteiger partial charge in [0.15, 0.2) is 6.10 Å². The van der Waals surface area contributed by atoms with Gasteiger partial charge in [0.05, 0.1) is 19.3 Å². The molecule has 1 fully saturated rings. The Morgan fingerprint density at radius 2 is 2.00 bits per heavy atom. The molecule has 2 N–H and O–H groups in total. The molecule has 1 saturated heterocycles. The number of aliphatic carboxylic acids is 1. The van der Waals surface area contributed by atoms with Crippen LogP contribution < -0.4 is 0 Å². The van der Waals surface area contributed by atoms with Gasteiger partial charge in [0.25, 0.3) is 0 Å². The second-order valence-electron chi connectivity index (χ2n) is 5.27. The monoisotopic (exact) mass is 346 g/mol. The van der Waals surface area contributed by atoms with Gasteiger partial charge in [-0.3, -0.25) is 4.55 Å². The van der Waals surface area contributed by atoms with Crippen molar-refractivity contribution in [1.82, 2.24) is 0 Å². The maximum absolute atomic E-state index is 11.2. The normalized spacial score (nSPS) is 28.4. The Morgan fingerprint density at radius 3 is 2.57 bits per heavy atom. The van der Waals surface area contributed by atoms with Crippen LogP contribution in [0.25, 0.3) is 0 Å². The van der Waals surface area contributed by atoms with Crippen LogP contribution in [0.1, 0.15) is 12.5 Å². The lowest BCUT2D eigenvalue weighted by molar-refractivity contribution is -0.190. The Hall–Kier alpha value is -1.52. The minimum absolute atomic E-state index is 0.146. The molecule has 0 radical (unpaired) electrons. The molecular weight excluding hydrogens is 328 g/mol. The summed E-state index contributed by atoms with van der Waals surface area (Å²) in [5.41, 5.74) is 0.837. The largest absolute Gasteiger partial charge is 0.479 e. The van der Waals surface area contributed by atoms with Crippen LogP contribution in [0.4, 0.5) is 0 Å². The molecule has 0 aliphatic carbocycles. The number of carbonyl (C=O) groups is 1. The molecule has 9 heteroatoms. The molecule has 1 aromatic rings. The van der Waals surface area contributed by atoms with Crippen molar-refractivity contribution in [3.63, 3.8) is 0 Å². The van der Waals surface area contributed by atoms with Gasteiger partial charge in [0, 0.05) is 5.92 Å². The lowest BCUT2D eigenvalue weighted by Gasteiger charge is -2.38. The zero-order valence-corrected chi connectivity index (χ0v) is 13.2. The van der Waals surface area contributed by atoms with Gasteiger partial charge in [0.2, 0.25) is 0 Å². The smallest absolute Gasteiger partial charge is 0.397 e. The molecule has 2 rings (SSSR count). The molecule has 0 spiro atoms. The molecule has 1 heterocycles. The number of carboxylic acid groups (broad SMARTS) is 1. The number of benzene rings is 1. The third-order valence-electron chi connectivity index (χ3n) is 3.58. The van der Waals surface area contributed by atoms with E-state index in [-0.39, 0.29) is 13.2 Å². The van der Waals surface area contributed by atoms with Crippen LogP contribution in [0, 0.1) is 5.92 Å². The lowest BCUT2D eigenvalue weighted by atomic mass is 9.91. The first-order chi connectivity index (χ1) is 10.8. The summed E-state index contributed by atoms with van der Waals surface area (Å²) in [6.07, 6.45) is -3.14. The summed E-state index contributed by atoms with van der Waals surface area (Å²) in [4.78, 5) is 11.2. The van der Waals surface area contributed by atoms with Crippen molar-refractivity contribution < 1.29 is 36.5 Å². The molecule has 8 nitrogen and oxygen atoms in total. The highest BCUT2D eigenvalue weighted by molar-refractivity contribution is 7.80. The third kappa shape index (κ3) is 4.98. The van der Waals surface area contributed by atoms with Crippen molar-refractivity contribution in [2.45, 2.75) is 31.8 Å². The average Bonchev–Trinajstić information content (AvgIpc) is 2.46. The number of ether oxygens (including phenoxy) is 2. The van der Waals surface area contributed by atoms with Gasteiger partial charge in [0.1, 0.15) is 6.10 Å². The maximum Gasteiger partial charge on any atom is 0.397 e. The predicted molar refractivity (Wildman–Crippen MR) is 78.0 cm³/mol. The van der Waals surface area contributed by atoms with Crippen LogP contribution in [0.15, 0.2) is 30.3 Å². The second-order valence-corrected chi connectivity index (χ2v) is 6.32. The molecular formula is C14H18O8S. The molecule has 1 aromatic carbocycles. The fourth-order valence-corrected chi connectivity index (χ4v) is 2.99. The van der Waals surface area contributed by atoms with Gasteiger partial charge in [-0.15, -0.1) is 0 Å². The highest BCUT2D eigenvalue weighted by atomic mass is 32.3. The van der Waals surface area contributed by atoms with E-state index in [1.165, 1.54) is 0 Å². The number of hydrogen-bond acceptors (Lipinski definition) is 6. The number of rotatable bonds is 6. The lowest BCUT2D eigenvalue weighted by Crippen LogP contribution is -2.53. The summed E-state index contributed by atoms with van der Waals surface area (Å²) >= 11 is 0. The fraction of sp³-hybridized carbons (Fsp3) is 0.500. The third-order valence-corrected chi connectivity index (χ3v) is 4.07. The second kappa shape index (κ2) is 7.37. The minimum atomic E-state index is -4.71. The summed E-state index contributed by atoms with van der Waals surface area (Å²) in [6, 6.07) is 9.11. The fourth-order valence-electron chi connectivity index (χ4n) is 2.52. The Balaban J connectivity index is 2.13. The molecule has 4 atom stereocenters. The number of carboxylic acids is 1. The molecule has 0 aromatic heterocycles. The van der Waals surface area contributed by atoms with Gasteiger partial charge >= 0.3 is 16.4 Å². The van der Waals surface area contributed by atoms with Crippen LogP contribution >= 0.6 is 0 Å². The van der Waals surface area contributed by atoms with E-state index in [1.807, 2.05) is 30.3 Å². The van der Waals surface area contributed by atoms with Gasteiger partial charge in [-0.2, -0.15) is 8.42 Å². The van der Waals surface area contributed by atoms with Crippen LogP contribution in [-0.4, -0.2) is 49.0 Å². The molecule has 128 valence electrons. The van der Waals surface area contributed by atoms with E-state index < -0.39 is 40.6 Å². The summed E-state index contributed by atoms with van der Waals surface area (Å²) in [5, 5.41) is 9.14. The van der Waals surface area contributed by atoms with E-state index in [9.17, 15) is 13.2 Å². The van der Waals surface area contributed by atoms with E-state index in [0.29, 0.717) is 0 Å². The predicted octanol–water partition coefficient (Wildman–Crippen LogP) is 0.879. The van der Waals surface area contributed by atoms with E-state index in [0.717, 1.165) is 5.56 Å². The van der Waals surface area contributed by atoms with Crippen molar-refractivity contribution >= 4 is 16.4 Å². The van der Waals surface area contributed by atoms with Crippen molar-refractivity contribution in [3.05, 3.63) is 35.9 Å². The highest BCUT2D eigenvalue weighted by Crippen LogP contribution is 2.28. The van der Waals surface area contributed by atoms with Crippen molar-refractivity contribution in [2.75, 3.05) is 6.61 Å². The van der Waals surface area contributed by atoms with E-state index in [1.54, 1.807) is 6.92 Å². The summed E-state index contributed by atoms with van der Waals surface area (Å²) in [6.45, 7) is 1.39. The molecule has 23 heavy (non-hydrogen) atoms. The zero-order chi connectivity index (χ0) is 17.0. The van der Waals surface area contributed by atoms with Gasteiger partial charge in [-0.1, -0.05) is 37.3 Å². The molecule has 0 amide bonds. The van der Waals surface area contributed by atoms with E-state index in [4.69, 9.17) is 19.1 Å². The first kappa shape index (κ1) is 17.8. The Bertz CT molecular complexity index is 629. The average molecular weight is 346 g/mol. The molecule has 1 aliphatic rings. The standard InChI is InChI=1S/C14H18O8S/c1-9-12(20-7-10-5-3-2-4-6-10)11(22-23(17,18)19)8-21-13(9)14(15)16/h2-6,9,11-13H,7-8H2,1H3,(H,15,16)(H,17,18,19)/t9-,11?,12+,13?/m1/s1. The van der Waals surface area contributed by atoms with E-state index in [2.05, 4.69) is 4.18 Å². The summed E-state index contributed by atoms with van der Waals surface area (Å²) < 4.78 is 46.1. The van der Waals surface area contributed by atoms with Crippen LogP contribution in [0.3, 0.4) is 0 Å². The molecule has 0 bridgehead atoms. The Morgan fingerprint density at radius 1 is 1.35 bits per heavy atom. The zero-order valence-electron chi connectivity index (χ0n) is 12.4. The quantitative estimate of drug-likeness (QED) is 0.729. The van der Waals surface area contributed by atoms with Crippen molar-refractivity contribution in [1.29, 1.82) is 0 Å². The summed E-state index contributed by atoms with van der Waals surface area (Å²) in [5.74, 6) is -1.84. The van der Waals surface area contributed by atoms with Crippen LogP contribution in [-0.2, 0) is 35.5 Å². The van der Waals surface area contributed by atoms with Crippen LogP contribution in [0.2, 0.25) is 0 Å². The highest BCUT2D eigenvalue weighted by Gasteiger charge is 2.44. The SMILES string of the molecule is C[C@H]1C(C(=O)O)OCC(OS(=O)(=O)O)[C@H]1OCc1ccccc1.